The van der Waals surface area contributed by atoms with Crippen molar-refractivity contribution >= 4 is 16.7 Å². The van der Waals surface area contributed by atoms with Crippen LogP contribution in [-0.4, -0.2) is 40.2 Å². The molecular formula is C15H12F6N4O. The van der Waals surface area contributed by atoms with Crippen LogP contribution in [0.5, 0.6) is 0 Å². The Labute approximate surface area is 142 Å². The maximum atomic E-state index is 14.2. The number of aliphatic hydroxyl groups excluding tert-OH is 1. The molecule has 1 aliphatic rings. The molecule has 11 heteroatoms. The van der Waals surface area contributed by atoms with Crippen molar-refractivity contribution in [1.82, 2.24) is 9.97 Å². The van der Waals surface area contributed by atoms with Crippen LogP contribution in [0.3, 0.4) is 0 Å². The fraction of sp³-hybridized carbons (Fsp3) is 0.467. The lowest BCUT2D eigenvalue weighted by Gasteiger charge is -2.37. The average molecular weight is 378 g/mol. The van der Waals surface area contributed by atoms with Crippen LogP contribution in [0.4, 0.5) is 32.0 Å². The van der Waals surface area contributed by atoms with E-state index in [1.807, 2.05) is 0 Å². The second-order valence-electron chi connectivity index (χ2n) is 6.07. The second kappa shape index (κ2) is 5.77. The summed E-state index contributed by atoms with van der Waals surface area (Å²) in [5.41, 5.74) is -4.20. The average Bonchev–Trinajstić information content (AvgIpc) is 2.82. The predicted octanol–water partition coefficient (Wildman–Crippen LogP) is 3.11. The minimum absolute atomic E-state index is 0.138. The van der Waals surface area contributed by atoms with Gasteiger partial charge in [-0.3, -0.25) is 0 Å². The third kappa shape index (κ3) is 2.74. The minimum Gasteiger partial charge on any atom is -0.387 e. The molecule has 0 saturated carbocycles. The lowest BCUT2D eigenvalue weighted by atomic mass is 10.0. The van der Waals surface area contributed by atoms with Crippen molar-refractivity contribution in [3.8, 4) is 6.07 Å². The molecule has 0 spiro atoms. The summed E-state index contributed by atoms with van der Waals surface area (Å²) < 4.78 is 81.9. The van der Waals surface area contributed by atoms with Gasteiger partial charge in [-0.25, -0.2) is 18.2 Å². The van der Waals surface area contributed by atoms with E-state index in [4.69, 9.17) is 0 Å². The highest BCUT2D eigenvalue weighted by molar-refractivity contribution is 5.93. The van der Waals surface area contributed by atoms with E-state index >= 15 is 0 Å². The van der Waals surface area contributed by atoms with Crippen LogP contribution >= 0.6 is 0 Å². The predicted molar refractivity (Wildman–Crippen MR) is 78.3 cm³/mol. The van der Waals surface area contributed by atoms with Gasteiger partial charge in [-0.15, -0.1) is 0 Å². The van der Waals surface area contributed by atoms with E-state index in [1.165, 1.54) is 13.0 Å². The summed E-state index contributed by atoms with van der Waals surface area (Å²) in [5.74, 6) is -4.65. The zero-order valence-electron chi connectivity index (χ0n) is 13.3. The topological polar surface area (TPSA) is 75.9 Å². The molecular weight excluding hydrogens is 366 g/mol. The number of H-pyrrole nitrogens is 1. The van der Waals surface area contributed by atoms with Crippen LogP contribution in [0.15, 0.2) is 0 Å². The molecule has 0 unspecified atom stereocenters. The molecule has 1 fully saturated rings. The summed E-state index contributed by atoms with van der Waals surface area (Å²) in [6.45, 7) is -0.102. The van der Waals surface area contributed by atoms with Crippen LogP contribution in [0.25, 0.3) is 11.0 Å². The number of fused-ring (bicyclic) bond motifs is 1. The van der Waals surface area contributed by atoms with Gasteiger partial charge in [0.05, 0.1) is 23.4 Å². The Balaban J connectivity index is 2.33. The fourth-order valence-electron chi connectivity index (χ4n) is 3.02. The Bertz CT molecular complexity index is 914. The molecule has 26 heavy (non-hydrogen) atoms. The van der Waals surface area contributed by atoms with Gasteiger partial charge < -0.3 is 15.0 Å². The lowest BCUT2D eigenvalue weighted by Crippen LogP contribution is -2.52. The molecule has 0 radical (unpaired) electrons. The van der Waals surface area contributed by atoms with Crippen molar-refractivity contribution in [2.75, 3.05) is 18.0 Å². The number of halogens is 6. The number of pyridine rings is 1. The number of hydrogen-bond donors (Lipinski definition) is 2. The Morgan fingerprint density at radius 3 is 2.58 bits per heavy atom. The molecule has 2 aromatic rings. The largest absolute Gasteiger partial charge is 0.434 e. The van der Waals surface area contributed by atoms with Gasteiger partial charge in [0, 0.05) is 6.54 Å². The van der Waals surface area contributed by atoms with Crippen molar-refractivity contribution in [2.24, 2.45) is 0 Å². The van der Waals surface area contributed by atoms with Crippen molar-refractivity contribution in [1.29, 1.82) is 5.26 Å². The molecule has 0 amide bonds. The monoisotopic (exact) mass is 378 g/mol. The number of aromatic nitrogens is 2. The van der Waals surface area contributed by atoms with Crippen molar-refractivity contribution in [3.63, 3.8) is 0 Å². The molecule has 5 nitrogen and oxygen atoms in total. The number of aryl methyl sites for hydroxylation is 1. The van der Waals surface area contributed by atoms with Gasteiger partial charge in [-0.1, -0.05) is 0 Å². The van der Waals surface area contributed by atoms with Gasteiger partial charge in [0.15, 0.2) is 11.5 Å². The Morgan fingerprint density at radius 2 is 2.04 bits per heavy atom. The van der Waals surface area contributed by atoms with E-state index in [-0.39, 0.29) is 17.8 Å². The number of nitrogens with one attached hydrogen (secondary N) is 1. The molecule has 2 N–H and O–H groups in total. The maximum Gasteiger partial charge on any atom is 0.434 e. The number of aliphatic hydroxyl groups is 1. The van der Waals surface area contributed by atoms with E-state index in [0.717, 1.165) is 4.90 Å². The number of anilines is 1. The Kier molecular flexibility index (Phi) is 4.06. The van der Waals surface area contributed by atoms with Gasteiger partial charge in [-0.2, -0.15) is 18.4 Å². The number of alkyl halides is 5. The smallest absolute Gasteiger partial charge is 0.387 e. The van der Waals surface area contributed by atoms with Gasteiger partial charge >= 0.3 is 6.18 Å². The highest BCUT2D eigenvalue weighted by Gasteiger charge is 2.46. The summed E-state index contributed by atoms with van der Waals surface area (Å²) in [6.07, 6.45) is -7.46. The third-order valence-corrected chi connectivity index (χ3v) is 4.28. The standard InChI is InChI=1S/C15H12F6N4O/c1-6-9(16)10-11(23-6)12(7(4-22)13(24-10)15(19,20)21)25-3-2-8(26)14(17,18)5-25/h8,23,26H,2-3,5H2,1H3/t8-/m1/s1. The van der Waals surface area contributed by atoms with Crippen molar-refractivity contribution in [3.05, 3.63) is 22.8 Å². The third-order valence-electron chi connectivity index (χ3n) is 4.28. The van der Waals surface area contributed by atoms with Crippen LogP contribution in [0.1, 0.15) is 23.4 Å². The molecule has 2 aromatic heterocycles. The SMILES string of the molecule is Cc1[nH]c2c(N3CC[C@@H](O)C(F)(F)C3)c(C#N)c(C(F)(F)F)nc2c1F. The molecule has 1 aliphatic heterocycles. The molecule has 3 rings (SSSR count). The van der Waals surface area contributed by atoms with E-state index in [9.17, 15) is 36.7 Å². The van der Waals surface area contributed by atoms with E-state index in [2.05, 4.69) is 9.97 Å². The first-order valence-electron chi connectivity index (χ1n) is 7.47. The van der Waals surface area contributed by atoms with Crippen LogP contribution in [0, 0.1) is 24.1 Å². The number of nitriles is 1. The zero-order chi connectivity index (χ0) is 19.4. The molecule has 0 bridgehead atoms. The lowest BCUT2D eigenvalue weighted by molar-refractivity contribution is -0.141. The molecule has 140 valence electrons. The summed E-state index contributed by atoms with van der Waals surface area (Å²) in [4.78, 5) is 6.55. The quantitative estimate of drug-likeness (QED) is 0.748. The number of piperidine rings is 1. The summed E-state index contributed by atoms with van der Waals surface area (Å²) in [7, 11) is 0. The van der Waals surface area contributed by atoms with Crippen LogP contribution in [-0.2, 0) is 6.18 Å². The Morgan fingerprint density at radius 1 is 1.38 bits per heavy atom. The maximum absolute atomic E-state index is 14.2. The summed E-state index contributed by atoms with van der Waals surface area (Å²) in [5, 5.41) is 18.6. The zero-order valence-corrected chi connectivity index (χ0v) is 13.3. The van der Waals surface area contributed by atoms with E-state index in [1.54, 1.807) is 0 Å². The fourth-order valence-corrected chi connectivity index (χ4v) is 3.02. The first-order chi connectivity index (χ1) is 12.0. The van der Waals surface area contributed by atoms with Crippen LogP contribution < -0.4 is 4.90 Å². The molecule has 3 heterocycles. The number of nitrogens with zero attached hydrogens (tertiary/aromatic N) is 3. The second-order valence-corrected chi connectivity index (χ2v) is 6.07. The summed E-state index contributed by atoms with van der Waals surface area (Å²) >= 11 is 0. The molecule has 0 aliphatic carbocycles. The highest BCUT2D eigenvalue weighted by Crippen LogP contribution is 2.41. The number of hydrogen-bond acceptors (Lipinski definition) is 4. The minimum atomic E-state index is -5.08. The Hall–Kier alpha value is -2.48. The van der Waals surface area contributed by atoms with Crippen molar-refractivity contribution < 1.29 is 31.4 Å². The number of rotatable bonds is 1. The van der Waals surface area contributed by atoms with Gasteiger partial charge in [0.1, 0.15) is 23.3 Å². The van der Waals surface area contributed by atoms with Gasteiger partial charge in [0.25, 0.3) is 5.92 Å². The molecule has 1 saturated heterocycles. The first kappa shape index (κ1) is 18.3. The van der Waals surface area contributed by atoms with Gasteiger partial charge in [0.2, 0.25) is 0 Å². The normalized spacial score (nSPS) is 20.4. The van der Waals surface area contributed by atoms with Crippen molar-refractivity contribution in [2.45, 2.75) is 31.5 Å². The summed E-state index contributed by atoms with van der Waals surface area (Å²) in [6, 6.07) is 1.35. The highest BCUT2D eigenvalue weighted by atomic mass is 19.4. The first-order valence-corrected chi connectivity index (χ1v) is 7.47. The number of aromatic amines is 1. The van der Waals surface area contributed by atoms with E-state index < -0.39 is 59.4 Å². The molecule has 0 aromatic carbocycles. The van der Waals surface area contributed by atoms with Crippen LogP contribution in [0.2, 0.25) is 0 Å². The van der Waals surface area contributed by atoms with Gasteiger partial charge in [-0.05, 0) is 13.3 Å². The molecule has 1 atom stereocenters. The van der Waals surface area contributed by atoms with E-state index in [0.29, 0.717) is 0 Å².